The van der Waals surface area contributed by atoms with Crippen LogP contribution in [0.3, 0.4) is 0 Å². The van der Waals surface area contributed by atoms with Crippen LogP contribution in [-0.4, -0.2) is 12.6 Å². The second kappa shape index (κ2) is 6.25. The Balaban J connectivity index is 0.00000169. The van der Waals surface area contributed by atoms with Gasteiger partial charge in [-0.2, -0.15) is 5.26 Å². The van der Waals surface area contributed by atoms with Crippen LogP contribution in [0.1, 0.15) is 12.5 Å². The van der Waals surface area contributed by atoms with Crippen molar-refractivity contribution in [2.24, 2.45) is 5.73 Å². The van der Waals surface area contributed by atoms with Gasteiger partial charge in [0.1, 0.15) is 18.4 Å². The number of halogens is 1. The third-order valence-electron chi connectivity index (χ3n) is 1.51. The van der Waals surface area contributed by atoms with Gasteiger partial charge in [-0.05, 0) is 19.1 Å². The third kappa shape index (κ3) is 3.65. The Hall–Kier alpha value is -1.24. The van der Waals surface area contributed by atoms with Crippen molar-refractivity contribution < 1.29 is 4.74 Å². The molecule has 1 atom stereocenters. The first-order chi connectivity index (χ1) is 6.24. The summed E-state index contributed by atoms with van der Waals surface area (Å²) in [4.78, 5) is 0. The molecule has 0 saturated heterocycles. The van der Waals surface area contributed by atoms with E-state index in [1.165, 1.54) is 0 Å². The molecule has 76 valence electrons. The van der Waals surface area contributed by atoms with Crippen LogP contribution in [0, 0.1) is 11.3 Å². The summed E-state index contributed by atoms with van der Waals surface area (Å²) in [6, 6.07) is 9.15. The number of hydrogen-bond donors (Lipinski definition) is 1. The highest BCUT2D eigenvalue weighted by atomic mass is 35.5. The molecule has 1 aromatic rings. The Labute approximate surface area is 89.9 Å². The van der Waals surface area contributed by atoms with E-state index in [2.05, 4.69) is 6.07 Å². The second-order valence-electron chi connectivity index (χ2n) is 2.90. The molecule has 0 saturated carbocycles. The highest BCUT2D eigenvalue weighted by molar-refractivity contribution is 5.85. The number of hydrogen-bond acceptors (Lipinski definition) is 3. The molecule has 0 bridgehead atoms. The van der Waals surface area contributed by atoms with Gasteiger partial charge in [0, 0.05) is 6.04 Å². The quantitative estimate of drug-likeness (QED) is 0.830. The standard InChI is InChI=1S/C10H12N2O.ClH/c1-8(12)7-13-10-5-3-2-4-9(10)6-11;/h2-5,8H,7,12H2,1H3;1H. The van der Waals surface area contributed by atoms with Crippen LogP contribution in [0.25, 0.3) is 0 Å². The molecule has 3 nitrogen and oxygen atoms in total. The summed E-state index contributed by atoms with van der Waals surface area (Å²) in [7, 11) is 0. The molecule has 1 unspecified atom stereocenters. The van der Waals surface area contributed by atoms with E-state index in [4.69, 9.17) is 15.7 Å². The number of benzene rings is 1. The topological polar surface area (TPSA) is 59.0 Å². The van der Waals surface area contributed by atoms with E-state index in [1.54, 1.807) is 18.2 Å². The fraction of sp³-hybridized carbons (Fsp3) is 0.300. The van der Waals surface area contributed by atoms with Crippen molar-refractivity contribution >= 4 is 12.4 Å². The molecule has 0 spiro atoms. The van der Waals surface area contributed by atoms with E-state index >= 15 is 0 Å². The van der Waals surface area contributed by atoms with Crippen molar-refractivity contribution in [2.45, 2.75) is 13.0 Å². The van der Waals surface area contributed by atoms with Crippen LogP contribution in [0.15, 0.2) is 24.3 Å². The van der Waals surface area contributed by atoms with Crippen molar-refractivity contribution in [1.29, 1.82) is 5.26 Å². The largest absolute Gasteiger partial charge is 0.491 e. The first-order valence-corrected chi connectivity index (χ1v) is 4.11. The second-order valence-corrected chi connectivity index (χ2v) is 2.90. The van der Waals surface area contributed by atoms with Crippen LogP contribution in [0.4, 0.5) is 0 Å². The van der Waals surface area contributed by atoms with E-state index in [-0.39, 0.29) is 18.4 Å². The molecule has 1 rings (SSSR count). The van der Waals surface area contributed by atoms with Crippen molar-refractivity contribution in [1.82, 2.24) is 0 Å². The maximum atomic E-state index is 8.72. The Bertz CT molecular complexity index is 320. The minimum Gasteiger partial charge on any atom is -0.491 e. The average Bonchev–Trinajstić information content (AvgIpc) is 2.15. The normalized spacial score (nSPS) is 10.9. The van der Waals surface area contributed by atoms with Crippen molar-refractivity contribution in [2.75, 3.05) is 6.61 Å². The predicted molar refractivity (Wildman–Crippen MR) is 57.5 cm³/mol. The average molecular weight is 213 g/mol. The number of nitrogens with two attached hydrogens (primary N) is 1. The fourth-order valence-corrected chi connectivity index (χ4v) is 0.906. The molecule has 0 aromatic heterocycles. The Kier molecular flexibility index (Phi) is 5.70. The smallest absolute Gasteiger partial charge is 0.137 e. The highest BCUT2D eigenvalue weighted by Crippen LogP contribution is 2.16. The molecular formula is C10H13ClN2O. The molecule has 4 heteroatoms. The number of nitriles is 1. The maximum absolute atomic E-state index is 8.72. The summed E-state index contributed by atoms with van der Waals surface area (Å²) in [5.41, 5.74) is 6.07. The monoisotopic (exact) mass is 212 g/mol. The van der Waals surface area contributed by atoms with Crippen LogP contribution >= 0.6 is 12.4 Å². The van der Waals surface area contributed by atoms with Crippen molar-refractivity contribution in [3.05, 3.63) is 29.8 Å². The van der Waals surface area contributed by atoms with E-state index in [1.807, 2.05) is 13.0 Å². The summed E-state index contributed by atoms with van der Waals surface area (Å²) in [5, 5.41) is 8.72. The van der Waals surface area contributed by atoms with Crippen LogP contribution in [-0.2, 0) is 0 Å². The summed E-state index contributed by atoms with van der Waals surface area (Å²) >= 11 is 0. The summed E-state index contributed by atoms with van der Waals surface area (Å²) < 4.78 is 5.34. The van der Waals surface area contributed by atoms with Gasteiger partial charge in [0.2, 0.25) is 0 Å². The third-order valence-corrected chi connectivity index (χ3v) is 1.51. The van der Waals surface area contributed by atoms with Gasteiger partial charge in [0.25, 0.3) is 0 Å². The van der Waals surface area contributed by atoms with Crippen molar-refractivity contribution in [3.63, 3.8) is 0 Å². The maximum Gasteiger partial charge on any atom is 0.137 e. The molecule has 0 aliphatic rings. The van der Waals surface area contributed by atoms with Gasteiger partial charge in [0.15, 0.2) is 0 Å². The Morgan fingerprint density at radius 3 is 2.71 bits per heavy atom. The first-order valence-electron chi connectivity index (χ1n) is 4.11. The zero-order valence-electron chi connectivity index (χ0n) is 7.93. The number of ether oxygens (including phenoxy) is 1. The zero-order valence-corrected chi connectivity index (χ0v) is 8.75. The lowest BCUT2D eigenvalue weighted by atomic mass is 10.2. The summed E-state index contributed by atoms with van der Waals surface area (Å²) in [6.07, 6.45) is 0. The molecule has 0 aliphatic carbocycles. The lowest BCUT2D eigenvalue weighted by Gasteiger charge is -2.09. The van der Waals surface area contributed by atoms with E-state index in [0.717, 1.165) is 0 Å². The minimum atomic E-state index is -0.0215. The van der Waals surface area contributed by atoms with Crippen LogP contribution in [0.2, 0.25) is 0 Å². The fourth-order valence-electron chi connectivity index (χ4n) is 0.906. The summed E-state index contributed by atoms with van der Waals surface area (Å²) in [6.45, 7) is 2.29. The summed E-state index contributed by atoms with van der Waals surface area (Å²) in [5.74, 6) is 0.599. The van der Waals surface area contributed by atoms with Gasteiger partial charge in [-0.1, -0.05) is 12.1 Å². The zero-order chi connectivity index (χ0) is 9.68. The first kappa shape index (κ1) is 12.8. The lowest BCUT2D eigenvalue weighted by molar-refractivity contribution is 0.295. The highest BCUT2D eigenvalue weighted by Gasteiger charge is 2.02. The van der Waals surface area contributed by atoms with Crippen molar-refractivity contribution in [3.8, 4) is 11.8 Å². The number of rotatable bonds is 3. The van der Waals surface area contributed by atoms with Gasteiger partial charge in [-0.25, -0.2) is 0 Å². The Morgan fingerprint density at radius 2 is 2.14 bits per heavy atom. The lowest BCUT2D eigenvalue weighted by Crippen LogP contribution is -2.23. The molecular weight excluding hydrogens is 200 g/mol. The molecule has 2 N–H and O–H groups in total. The van der Waals surface area contributed by atoms with Gasteiger partial charge < -0.3 is 10.5 Å². The van der Waals surface area contributed by atoms with Gasteiger partial charge in [-0.3, -0.25) is 0 Å². The van der Waals surface area contributed by atoms with Crippen LogP contribution in [0.5, 0.6) is 5.75 Å². The SMILES string of the molecule is CC(N)COc1ccccc1C#N.Cl. The number of nitrogens with zero attached hydrogens (tertiary/aromatic N) is 1. The molecule has 0 heterocycles. The molecule has 0 aliphatic heterocycles. The Morgan fingerprint density at radius 1 is 1.50 bits per heavy atom. The predicted octanol–water partition coefficient (Wildman–Crippen LogP) is 1.71. The van der Waals surface area contributed by atoms with Crippen LogP contribution < -0.4 is 10.5 Å². The number of para-hydroxylation sites is 1. The van der Waals surface area contributed by atoms with E-state index < -0.39 is 0 Å². The molecule has 1 aromatic carbocycles. The van der Waals surface area contributed by atoms with Gasteiger partial charge >= 0.3 is 0 Å². The van der Waals surface area contributed by atoms with E-state index in [9.17, 15) is 0 Å². The van der Waals surface area contributed by atoms with Gasteiger partial charge in [0.05, 0.1) is 5.56 Å². The minimum absolute atomic E-state index is 0. The van der Waals surface area contributed by atoms with Gasteiger partial charge in [-0.15, -0.1) is 12.4 Å². The molecule has 14 heavy (non-hydrogen) atoms. The molecule has 0 fully saturated rings. The molecule has 0 amide bonds. The van der Waals surface area contributed by atoms with E-state index in [0.29, 0.717) is 17.9 Å². The molecule has 0 radical (unpaired) electrons.